The van der Waals surface area contributed by atoms with Crippen LogP contribution in [-0.2, 0) is 11.3 Å². The zero-order valence-corrected chi connectivity index (χ0v) is 24.4. The summed E-state index contributed by atoms with van der Waals surface area (Å²) in [6.45, 7) is 3.22. The van der Waals surface area contributed by atoms with Crippen molar-refractivity contribution in [2.24, 2.45) is 0 Å². The van der Waals surface area contributed by atoms with Crippen LogP contribution in [0, 0.1) is 0 Å². The van der Waals surface area contributed by atoms with Crippen molar-refractivity contribution in [3.05, 3.63) is 112 Å². The summed E-state index contributed by atoms with van der Waals surface area (Å²) < 4.78 is 0. The van der Waals surface area contributed by atoms with E-state index in [2.05, 4.69) is 39.6 Å². The Hall–Kier alpha value is -4.82. The van der Waals surface area contributed by atoms with E-state index in [-0.39, 0.29) is 35.8 Å². The van der Waals surface area contributed by atoms with Gasteiger partial charge in [0, 0.05) is 31.4 Å². The van der Waals surface area contributed by atoms with Gasteiger partial charge in [0.15, 0.2) is 11.6 Å². The number of benzene rings is 4. The van der Waals surface area contributed by atoms with E-state index in [0.717, 1.165) is 23.1 Å². The lowest BCUT2D eigenvalue weighted by Crippen LogP contribution is -2.42. The summed E-state index contributed by atoms with van der Waals surface area (Å²) in [5.41, 5.74) is 2.97. The number of hydrogen-bond acceptors (Lipinski definition) is 7. The fourth-order valence-electron chi connectivity index (χ4n) is 5.89. The average molecular weight is 574 g/mol. The third-order valence-corrected chi connectivity index (χ3v) is 8.45. The zero-order chi connectivity index (χ0) is 29.9. The topological polar surface area (TPSA) is 98.4 Å². The van der Waals surface area contributed by atoms with Crippen LogP contribution in [0.2, 0.25) is 0 Å². The average Bonchev–Trinajstić information content (AvgIpc) is 3.54. The van der Waals surface area contributed by atoms with Crippen molar-refractivity contribution in [2.75, 3.05) is 29.9 Å². The molecule has 43 heavy (non-hydrogen) atoms. The predicted molar refractivity (Wildman–Crippen MR) is 172 cm³/mol. The Labute approximate surface area is 250 Å². The number of carbonyl (C=O) groups excluding carboxylic acids is 2. The Morgan fingerprint density at radius 2 is 1.79 bits per heavy atom. The summed E-state index contributed by atoms with van der Waals surface area (Å²) in [6.07, 6.45) is 1.56. The number of likely N-dealkylation sites (N-methyl/N-ethyl adjacent to an activating group) is 1. The van der Waals surface area contributed by atoms with Crippen LogP contribution in [-0.4, -0.2) is 53.8 Å². The second-order valence-corrected chi connectivity index (χ2v) is 11.2. The molecule has 8 heteroatoms. The monoisotopic (exact) mass is 573 g/mol. The second kappa shape index (κ2) is 12.2. The molecule has 1 aliphatic rings. The molecule has 0 aliphatic carbocycles. The van der Waals surface area contributed by atoms with E-state index in [4.69, 9.17) is 0 Å². The number of aromatic amines is 1. The molecule has 1 fully saturated rings. The number of ketones is 2. The number of nitrogens with one attached hydrogen (secondary N) is 2. The van der Waals surface area contributed by atoms with Crippen LogP contribution in [0.1, 0.15) is 35.7 Å². The van der Waals surface area contributed by atoms with Gasteiger partial charge < -0.3 is 20.1 Å². The van der Waals surface area contributed by atoms with Crippen LogP contribution in [0.25, 0.3) is 21.7 Å². The lowest BCUT2D eigenvalue weighted by Gasteiger charge is -2.26. The maximum atomic E-state index is 13.5. The number of H-pyrrole nitrogens is 1. The van der Waals surface area contributed by atoms with Crippen molar-refractivity contribution in [1.29, 1.82) is 0 Å². The van der Waals surface area contributed by atoms with Crippen LogP contribution in [0.15, 0.2) is 95.8 Å². The largest absolute Gasteiger partial charge is 0.364 e. The van der Waals surface area contributed by atoms with Crippen LogP contribution in [0.4, 0.5) is 11.6 Å². The first-order valence-electron chi connectivity index (χ1n) is 14.7. The van der Waals surface area contributed by atoms with E-state index in [1.165, 1.54) is 5.39 Å². The predicted octanol–water partition coefficient (Wildman–Crippen LogP) is 5.11. The van der Waals surface area contributed by atoms with Gasteiger partial charge in [0.05, 0.1) is 29.5 Å². The first kappa shape index (κ1) is 28.3. The molecule has 1 saturated heterocycles. The number of Topliss-reactive ketones (excluding diaryl/α,β-unsaturated/α-hetero) is 2. The second-order valence-electron chi connectivity index (χ2n) is 11.2. The summed E-state index contributed by atoms with van der Waals surface area (Å²) in [5, 5.41) is 6.10. The number of rotatable bonds is 10. The molecule has 5 aromatic rings. The summed E-state index contributed by atoms with van der Waals surface area (Å²) in [7, 11) is 1.94. The number of hydrogen-bond donors (Lipinski definition) is 2. The van der Waals surface area contributed by atoms with Gasteiger partial charge in [0.2, 0.25) is 5.95 Å². The van der Waals surface area contributed by atoms with Gasteiger partial charge in [0.1, 0.15) is 0 Å². The zero-order valence-electron chi connectivity index (χ0n) is 24.4. The van der Waals surface area contributed by atoms with Gasteiger partial charge in [-0.15, -0.1) is 0 Å². The maximum absolute atomic E-state index is 13.5. The van der Waals surface area contributed by atoms with E-state index in [1.54, 1.807) is 6.07 Å². The van der Waals surface area contributed by atoms with Crippen molar-refractivity contribution in [3.63, 3.8) is 0 Å². The van der Waals surface area contributed by atoms with E-state index < -0.39 is 0 Å². The standard InChI is InChI=1S/C35H35N5O3/c1-23(39(2)28-17-16-25-10-3-4-11-26(25)20-28)33(42)27-12-7-9-24(19-27)21-36-22-32(41)31-15-8-18-40(31)35-37-30-14-6-5-13-29(30)34(43)38-35/h3-7,9-14,16-17,19-20,23,31,36H,8,15,18,21-22H2,1-2H3,(H,37,38,43)/t23-,31-/m0/s1. The fraction of sp³-hybridized carbons (Fsp3) is 0.257. The van der Waals surface area contributed by atoms with Gasteiger partial charge in [-0.25, -0.2) is 0 Å². The summed E-state index contributed by atoms with van der Waals surface area (Å²) in [4.78, 5) is 50.6. The quantitative estimate of drug-likeness (QED) is 0.224. The van der Waals surface area contributed by atoms with E-state index >= 15 is 0 Å². The highest BCUT2D eigenvalue weighted by Gasteiger charge is 2.32. The van der Waals surface area contributed by atoms with Crippen LogP contribution >= 0.6 is 0 Å². The molecule has 2 N–H and O–H groups in total. The van der Waals surface area contributed by atoms with Crippen LogP contribution < -0.4 is 20.7 Å². The Morgan fingerprint density at radius 3 is 2.65 bits per heavy atom. The van der Waals surface area contributed by atoms with Gasteiger partial charge >= 0.3 is 0 Å². The Kier molecular flexibility index (Phi) is 8.03. The smallest absolute Gasteiger partial charge is 0.282 e. The van der Waals surface area contributed by atoms with Gasteiger partial charge in [0.25, 0.3) is 5.56 Å². The molecular formula is C35H35N5O3. The Balaban J connectivity index is 1.08. The van der Waals surface area contributed by atoms with Crippen LogP contribution in [0.5, 0.6) is 0 Å². The SMILES string of the molecule is C[C@@H](C(=O)c1cccc(CNCC(=O)[C@@H]2CCCN2c2nc(=O)c3ccccc3[nH]2)c1)N(C)c1ccc2ccccc2c1. The molecular weight excluding hydrogens is 538 g/mol. The molecule has 6 rings (SSSR count). The molecule has 1 aliphatic heterocycles. The van der Waals surface area contributed by atoms with E-state index in [9.17, 15) is 14.4 Å². The molecule has 0 amide bonds. The molecule has 1 aromatic heterocycles. The highest BCUT2D eigenvalue weighted by Crippen LogP contribution is 2.25. The lowest BCUT2D eigenvalue weighted by atomic mass is 10.0. The van der Waals surface area contributed by atoms with Crippen molar-refractivity contribution in [1.82, 2.24) is 15.3 Å². The van der Waals surface area contributed by atoms with Gasteiger partial charge in [-0.2, -0.15) is 4.98 Å². The number of aromatic nitrogens is 2. The van der Waals surface area contributed by atoms with Crippen molar-refractivity contribution in [2.45, 2.75) is 38.4 Å². The molecule has 218 valence electrons. The van der Waals surface area contributed by atoms with Crippen molar-refractivity contribution in [3.8, 4) is 0 Å². The molecule has 0 bridgehead atoms. The minimum atomic E-state index is -0.352. The Bertz CT molecular complexity index is 1870. The number of para-hydroxylation sites is 1. The van der Waals surface area contributed by atoms with Gasteiger partial charge in [-0.3, -0.25) is 14.4 Å². The normalized spacial score (nSPS) is 15.6. The molecule has 0 saturated carbocycles. The number of anilines is 2. The maximum Gasteiger partial charge on any atom is 0.282 e. The summed E-state index contributed by atoms with van der Waals surface area (Å²) >= 11 is 0. The first-order valence-corrected chi connectivity index (χ1v) is 14.7. The van der Waals surface area contributed by atoms with E-state index in [1.807, 2.05) is 84.4 Å². The summed E-state index contributed by atoms with van der Waals surface area (Å²) in [6, 6.07) is 28.6. The number of fused-ring (bicyclic) bond motifs is 2. The Morgan fingerprint density at radius 1 is 1.00 bits per heavy atom. The highest BCUT2D eigenvalue weighted by molar-refractivity contribution is 6.02. The number of carbonyl (C=O) groups is 2. The van der Waals surface area contributed by atoms with Gasteiger partial charge in [-0.1, -0.05) is 60.7 Å². The lowest BCUT2D eigenvalue weighted by molar-refractivity contribution is -0.119. The minimum absolute atomic E-state index is 0.0343. The molecule has 4 aromatic carbocycles. The molecule has 2 heterocycles. The highest BCUT2D eigenvalue weighted by atomic mass is 16.1. The molecule has 0 radical (unpaired) electrons. The minimum Gasteiger partial charge on any atom is -0.364 e. The molecule has 8 nitrogen and oxygen atoms in total. The fourth-order valence-corrected chi connectivity index (χ4v) is 5.89. The third-order valence-electron chi connectivity index (χ3n) is 8.45. The van der Waals surface area contributed by atoms with Crippen molar-refractivity contribution >= 4 is 44.9 Å². The summed E-state index contributed by atoms with van der Waals surface area (Å²) in [5.74, 6) is 0.520. The van der Waals surface area contributed by atoms with Crippen molar-refractivity contribution < 1.29 is 9.59 Å². The van der Waals surface area contributed by atoms with Crippen LogP contribution in [0.3, 0.4) is 0 Å². The third kappa shape index (κ3) is 5.92. The molecule has 0 spiro atoms. The van der Waals surface area contributed by atoms with E-state index in [0.29, 0.717) is 41.9 Å². The molecule has 0 unspecified atom stereocenters. The van der Waals surface area contributed by atoms with Gasteiger partial charge in [-0.05, 0) is 66.4 Å². The molecule has 2 atom stereocenters. The first-order chi connectivity index (χ1) is 20.9. The number of nitrogens with zero attached hydrogens (tertiary/aromatic N) is 3.